The van der Waals surface area contributed by atoms with Crippen LogP contribution in [0, 0.1) is 13.5 Å². The number of hydrogen-bond acceptors (Lipinski definition) is 5. The topological polar surface area (TPSA) is 66.7 Å². The zero-order chi connectivity index (χ0) is 24.2. The fraction of sp³-hybridized carbons (Fsp3) is 0.208. The molecule has 3 heterocycles. The van der Waals surface area contributed by atoms with Crippen LogP contribution in [-0.2, 0) is 7.05 Å². The summed E-state index contributed by atoms with van der Waals surface area (Å²) in [5, 5.41) is 4.50. The van der Waals surface area contributed by atoms with Crippen LogP contribution in [0.1, 0.15) is 24.6 Å². The molecule has 0 spiro atoms. The van der Waals surface area contributed by atoms with Crippen molar-refractivity contribution < 1.29 is 22.7 Å². The SMILES string of the molecule is [C-]#[N+]C(C)c1cc(-c2ccc(Br)cc2-c2oc(C)nc2-c2ccc3c(c2)OC(F)(F)O3)n(C)n1. The monoisotopic (exact) mass is 526 g/mol. The van der Waals surface area contributed by atoms with Crippen LogP contribution >= 0.6 is 15.9 Å². The van der Waals surface area contributed by atoms with Gasteiger partial charge in [-0.25, -0.2) is 11.6 Å². The van der Waals surface area contributed by atoms with Crippen molar-refractivity contribution in [2.45, 2.75) is 26.2 Å². The molecule has 10 heteroatoms. The average molecular weight is 527 g/mol. The first kappa shape index (κ1) is 22.1. The maximum absolute atomic E-state index is 13.5. The number of oxazole rings is 1. The molecule has 0 N–H and O–H groups in total. The highest BCUT2D eigenvalue weighted by atomic mass is 79.9. The van der Waals surface area contributed by atoms with Gasteiger partial charge in [-0.1, -0.05) is 22.0 Å². The predicted molar refractivity (Wildman–Crippen MR) is 123 cm³/mol. The Balaban J connectivity index is 1.66. The predicted octanol–water partition coefficient (Wildman–Crippen LogP) is 6.78. The minimum Gasteiger partial charge on any atom is -0.440 e. The van der Waals surface area contributed by atoms with Gasteiger partial charge in [-0.05, 0) is 36.4 Å². The lowest BCUT2D eigenvalue weighted by Gasteiger charge is -2.10. The smallest absolute Gasteiger partial charge is 0.440 e. The van der Waals surface area contributed by atoms with Gasteiger partial charge in [0, 0.05) is 42.1 Å². The number of alkyl halides is 2. The highest BCUT2D eigenvalue weighted by Gasteiger charge is 2.43. The number of halogens is 3. The van der Waals surface area contributed by atoms with Crippen LogP contribution < -0.4 is 9.47 Å². The second-order valence-electron chi connectivity index (χ2n) is 7.81. The molecule has 1 aliphatic rings. The van der Waals surface area contributed by atoms with Crippen LogP contribution in [-0.4, -0.2) is 21.1 Å². The van der Waals surface area contributed by atoms with Crippen molar-refractivity contribution in [1.29, 1.82) is 0 Å². The maximum atomic E-state index is 13.5. The molecule has 1 aliphatic heterocycles. The first-order chi connectivity index (χ1) is 16.1. The molecule has 0 aliphatic carbocycles. The zero-order valence-electron chi connectivity index (χ0n) is 18.3. The van der Waals surface area contributed by atoms with E-state index in [1.54, 1.807) is 24.6 Å². The van der Waals surface area contributed by atoms with Gasteiger partial charge in [0.05, 0.1) is 5.69 Å². The lowest BCUT2D eigenvalue weighted by atomic mass is 9.98. The van der Waals surface area contributed by atoms with Crippen molar-refractivity contribution in [2.75, 3.05) is 0 Å². The van der Waals surface area contributed by atoms with Crippen LogP contribution in [0.5, 0.6) is 11.5 Å². The second kappa shape index (κ2) is 7.95. The van der Waals surface area contributed by atoms with Crippen molar-refractivity contribution in [1.82, 2.24) is 14.8 Å². The van der Waals surface area contributed by atoms with Crippen LogP contribution in [0.2, 0.25) is 0 Å². The van der Waals surface area contributed by atoms with E-state index in [1.165, 1.54) is 12.1 Å². The van der Waals surface area contributed by atoms with Crippen molar-refractivity contribution >= 4 is 15.9 Å². The Bertz CT molecular complexity index is 1470. The largest absolute Gasteiger partial charge is 0.586 e. The van der Waals surface area contributed by atoms with E-state index in [-0.39, 0.29) is 17.5 Å². The summed E-state index contributed by atoms with van der Waals surface area (Å²) in [6.45, 7) is 10.8. The van der Waals surface area contributed by atoms with Crippen molar-refractivity contribution in [3.05, 3.63) is 69.9 Å². The summed E-state index contributed by atoms with van der Waals surface area (Å²) >= 11 is 3.52. The highest BCUT2D eigenvalue weighted by molar-refractivity contribution is 9.10. The van der Waals surface area contributed by atoms with E-state index in [9.17, 15) is 8.78 Å². The van der Waals surface area contributed by atoms with E-state index in [2.05, 4.69) is 40.3 Å². The van der Waals surface area contributed by atoms with Gasteiger partial charge >= 0.3 is 6.29 Å². The molecule has 0 fully saturated rings. The first-order valence-corrected chi connectivity index (χ1v) is 11.0. The van der Waals surface area contributed by atoms with Gasteiger partial charge in [-0.3, -0.25) is 4.68 Å². The van der Waals surface area contributed by atoms with Gasteiger partial charge in [0.15, 0.2) is 23.1 Å². The second-order valence-corrected chi connectivity index (χ2v) is 8.73. The molecule has 0 bridgehead atoms. The molecule has 0 saturated carbocycles. The number of nitrogens with zero attached hydrogens (tertiary/aromatic N) is 4. The highest BCUT2D eigenvalue weighted by Crippen LogP contribution is 2.45. The third-order valence-electron chi connectivity index (χ3n) is 5.43. The third kappa shape index (κ3) is 3.82. The molecule has 2 aromatic heterocycles. The average Bonchev–Trinajstić information content (AvgIpc) is 3.45. The molecule has 4 aromatic rings. The van der Waals surface area contributed by atoms with Crippen molar-refractivity contribution in [3.63, 3.8) is 0 Å². The molecule has 0 radical (unpaired) electrons. The number of aryl methyl sites for hydroxylation is 2. The Kier molecular flexibility index (Phi) is 5.17. The van der Waals surface area contributed by atoms with Crippen molar-refractivity contribution in [3.8, 4) is 45.3 Å². The van der Waals surface area contributed by atoms with E-state index < -0.39 is 6.29 Å². The van der Waals surface area contributed by atoms with Crippen LogP contribution in [0.4, 0.5) is 8.78 Å². The minimum atomic E-state index is -3.71. The van der Waals surface area contributed by atoms with Crippen LogP contribution in [0.3, 0.4) is 0 Å². The van der Waals surface area contributed by atoms with Crippen LogP contribution in [0.15, 0.2) is 51.4 Å². The van der Waals surface area contributed by atoms with Gasteiger partial charge in [0.1, 0.15) is 11.4 Å². The molecule has 0 amide bonds. The van der Waals surface area contributed by atoms with E-state index in [1.807, 2.05) is 31.3 Å². The Labute approximate surface area is 201 Å². The summed E-state index contributed by atoms with van der Waals surface area (Å²) < 4.78 is 44.7. The molecule has 1 unspecified atom stereocenters. The molecular formula is C24H17BrF2N4O3. The fourth-order valence-electron chi connectivity index (χ4n) is 3.84. The molecular weight excluding hydrogens is 510 g/mol. The van der Waals surface area contributed by atoms with Gasteiger partial charge in [-0.2, -0.15) is 5.10 Å². The summed E-state index contributed by atoms with van der Waals surface area (Å²) in [5.41, 5.74) is 3.98. The third-order valence-corrected chi connectivity index (χ3v) is 5.92. The Morgan fingerprint density at radius 3 is 2.62 bits per heavy atom. The molecule has 2 aromatic carbocycles. The molecule has 7 nitrogen and oxygen atoms in total. The normalized spacial score (nSPS) is 14.7. The fourth-order valence-corrected chi connectivity index (χ4v) is 4.20. The van der Waals surface area contributed by atoms with Crippen molar-refractivity contribution in [2.24, 2.45) is 7.05 Å². The van der Waals surface area contributed by atoms with E-state index in [4.69, 9.17) is 11.0 Å². The number of ether oxygens (including phenoxy) is 2. The van der Waals surface area contributed by atoms with Gasteiger partial charge < -0.3 is 18.7 Å². The van der Waals surface area contributed by atoms with E-state index in [0.717, 1.165) is 21.3 Å². The Morgan fingerprint density at radius 2 is 1.85 bits per heavy atom. The summed E-state index contributed by atoms with van der Waals surface area (Å²) in [6.07, 6.45) is -3.71. The van der Waals surface area contributed by atoms with Gasteiger partial charge in [0.2, 0.25) is 0 Å². The molecule has 5 rings (SSSR count). The molecule has 172 valence electrons. The van der Waals surface area contributed by atoms with E-state index >= 15 is 0 Å². The maximum Gasteiger partial charge on any atom is 0.586 e. The standard InChI is InChI=1S/C24H17BrF2N4O3/c1-12(28-3)18-11-19(31(4)30-18)16-7-6-15(25)10-17(16)23-22(29-13(2)32-23)14-5-8-20-21(9-14)34-24(26,27)33-20/h5-12H,1-2,4H3. The quantitative estimate of drug-likeness (QED) is 0.274. The number of aromatic nitrogens is 3. The number of benzene rings is 2. The summed E-state index contributed by atoms with van der Waals surface area (Å²) in [6, 6.07) is 11.7. The molecule has 34 heavy (non-hydrogen) atoms. The number of fused-ring (bicyclic) bond motifs is 1. The molecule has 1 atom stereocenters. The van der Waals surface area contributed by atoms with E-state index in [0.29, 0.717) is 28.6 Å². The zero-order valence-corrected chi connectivity index (χ0v) is 19.9. The Hall–Kier alpha value is -3.71. The summed E-state index contributed by atoms with van der Waals surface area (Å²) in [7, 11) is 1.81. The minimum absolute atomic E-state index is 0.0463. The molecule has 0 saturated heterocycles. The van der Waals surface area contributed by atoms with Crippen LogP contribution in [0.25, 0.3) is 38.7 Å². The number of hydrogen-bond donors (Lipinski definition) is 0. The first-order valence-electron chi connectivity index (χ1n) is 10.2. The number of rotatable bonds is 4. The summed E-state index contributed by atoms with van der Waals surface area (Å²) in [4.78, 5) is 8.08. The summed E-state index contributed by atoms with van der Waals surface area (Å²) in [5.74, 6) is 0.745. The van der Waals surface area contributed by atoms with Gasteiger partial charge in [-0.15, -0.1) is 8.78 Å². The Morgan fingerprint density at radius 1 is 1.09 bits per heavy atom. The lowest BCUT2D eigenvalue weighted by molar-refractivity contribution is -0.286. The van der Waals surface area contributed by atoms with Gasteiger partial charge in [0.25, 0.3) is 6.04 Å². The lowest BCUT2D eigenvalue weighted by Crippen LogP contribution is -2.25.